The molecule has 0 amide bonds. The van der Waals surface area contributed by atoms with E-state index in [1.807, 2.05) is 18.2 Å². The average Bonchev–Trinajstić information content (AvgIpc) is 2.85. The van der Waals surface area contributed by atoms with E-state index in [2.05, 4.69) is 38.5 Å². The van der Waals surface area contributed by atoms with Crippen LogP contribution in [0.3, 0.4) is 0 Å². The maximum Gasteiger partial charge on any atom is 0.124 e. The molecule has 2 rings (SSSR count). The van der Waals surface area contributed by atoms with Gasteiger partial charge < -0.3 is 10.1 Å². The Morgan fingerprint density at radius 3 is 3.00 bits per heavy atom. The Morgan fingerprint density at radius 1 is 1.44 bits per heavy atom. The van der Waals surface area contributed by atoms with Crippen LogP contribution in [0.4, 0.5) is 0 Å². The number of nitrogens with zero attached hydrogens (tertiary/aromatic N) is 1. The van der Waals surface area contributed by atoms with Gasteiger partial charge in [0.2, 0.25) is 0 Å². The van der Waals surface area contributed by atoms with E-state index in [-0.39, 0.29) is 0 Å². The summed E-state index contributed by atoms with van der Waals surface area (Å²) in [6, 6.07) is 5.92. The second-order valence-corrected chi connectivity index (χ2v) is 5.48. The van der Waals surface area contributed by atoms with E-state index in [0.29, 0.717) is 0 Å². The van der Waals surface area contributed by atoms with Crippen LogP contribution < -0.4 is 10.1 Å². The Hall–Kier alpha value is -0.910. The summed E-state index contributed by atoms with van der Waals surface area (Å²) in [5, 5.41) is 6.37. The molecule has 1 aromatic heterocycles. The second kappa shape index (κ2) is 6.31. The SMILES string of the molecule is CCNCc1csc(-c2cc(OC)ccc2Br)n1. The predicted molar refractivity (Wildman–Crippen MR) is 79.2 cm³/mol. The summed E-state index contributed by atoms with van der Waals surface area (Å²) < 4.78 is 6.28. The summed E-state index contributed by atoms with van der Waals surface area (Å²) in [5.41, 5.74) is 2.15. The molecule has 1 aromatic carbocycles. The molecule has 0 unspecified atom stereocenters. The van der Waals surface area contributed by atoms with Gasteiger partial charge in [0.05, 0.1) is 12.8 Å². The Balaban J connectivity index is 2.27. The first-order valence-corrected chi connectivity index (χ1v) is 7.41. The Bertz CT molecular complexity index is 527. The third-order valence-electron chi connectivity index (χ3n) is 2.51. The maximum atomic E-state index is 5.25. The minimum Gasteiger partial charge on any atom is -0.497 e. The maximum absolute atomic E-state index is 5.25. The Kier molecular flexibility index (Phi) is 4.74. The first-order chi connectivity index (χ1) is 8.74. The standard InChI is InChI=1S/C13H15BrN2OS/c1-3-15-7-9-8-18-13(16-9)11-6-10(17-2)4-5-12(11)14/h4-6,8,15H,3,7H2,1-2H3. The number of methoxy groups -OCH3 is 1. The molecule has 0 aliphatic carbocycles. The molecule has 5 heteroatoms. The summed E-state index contributed by atoms with van der Waals surface area (Å²) >= 11 is 5.20. The molecule has 1 N–H and O–H groups in total. The van der Waals surface area contributed by atoms with Crippen LogP contribution in [0.15, 0.2) is 28.1 Å². The molecule has 3 nitrogen and oxygen atoms in total. The van der Waals surface area contributed by atoms with Gasteiger partial charge in [0.15, 0.2) is 0 Å². The van der Waals surface area contributed by atoms with Crippen molar-refractivity contribution < 1.29 is 4.74 Å². The molecule has 0 aliphatic heterocycles. The zero-order valence-corrected chi connectivity index (χ0v) is 12.8. The van der Waals surface area contributed by atoms with Gasteiger partial charge in [-0.3, -0.25) is 0 Å². The van der Waals surface area contributed by atoms with E-state index < -0.39 is 0 Å². The van der Waals surface area contributed by atoms with Gasteiger partial charge in [-0.2, -0.15) is 0 Å². The molecular weight excluding hydrogens is 312 g/mol. The van der Waals surface area contributed by atoms with Gasteiger partial charge in [-0.1, -0.05) is 22.9 Å². The van der Waals surface area contributed by atoms with Gasteiger partial charge in [-0.05, 0) is 24.7 Å². The largest absolute Gasteiger partial charge is 0.497 e. The zero-order chi connectivity index (χ0) is 13.0. The molecule has 0 bridgehead atoms. The minimum atomic E-state index is 0.814. The molecular formula is C13H15BrN2OS. The van der Waals surface area contributed by atoms with E-state index in [9.17, 15) is 0 Å². The fourth-order valence-electron chi connectivity index (χ4n) is 1.56. The van der Waals surface area contributed by atoms with E-state index in [1.165, 1.54) is 0 Å². The number of hydrogen-bond donors (Lipinski definition) is 1. The number of halogens is 1. The summed E-state index contributed by atoms with van der Waals surface area (Å²) in [5.74, 6) is 0.844. The number of ether oxygens (including phenoxy) is 1. The topological polar surface area (TPSA) is 34.1 Å². The van der Waals surface area contributed by atoms with Crippen molar-refractivity contribution in [2.75, 3.05) is 13.7 Å². The van der Waals surface area contributed by atoms with Crippen molar-refractivity contribution in [1.29, 1.82) is 0 Å². The Morgan fingerprint density at radius 2 is 2.28 bits per heavy atom. The molecule has 0 atom stereocenters. The van der Waals surface area contributed by atoms with Crippen LogP contribution in [0.2, 0.25) is 0 Å². The van der Waals surface area contributed by atoms with Crippen LogP contribution in [-0.4, -0.2) is 18.6 Å². The van der Waals surface area contributed by atoms with Crippen molar-refractivity contribution in [3.8, 4) is 16.3 Å². The van der Waals surface area contributed by atoms with Gasteiger partial charge in [0.1, 0.15) is 10.8 Å². The number of benzene rings is 1. The number of nitrogens with one attached hydrogen (secondary N) is 1. The molecule has 0 radical (unpaired) electrons. The van der Waals surface area contributed by atoms with Crippen LogP contribution in [0.25, 0.3) is 10.6 Å². The first-order valence-electron chi connectivity index (χ1n) is 5.73. The van der Waals surface area contributed by atoms with Crippen LogP contribution in [-0.2, 0) is 6.54 Å². The zero-order valence-electron chi connectivity index (χ0n) is 10.4. The quantitative estimate of drug-likeness (QED) is 0.909. The lowest BCUT2D eigenvalue weighted by Crippen LogP contribution is -2.11. The molecule has 0 spiro atoms. The van der Waals surface area contributed by atoms with Crippen molar-refractivity contribution in [3.63, 3.8) is 0 Å². The summed E-state index contributed by atoms with van der Waals surface area (Å²) in [6.07, 6.45) is 0. The highest BCUT2D eigenvalue weighted by molar-refractivity contribution is 9.10. The molecule has 0 fully saturated rings. The van der Waals surface area contributed by atoms with Crippen molar-refractivity contribution >= 4 is 27.3 Å². The number of thiazole rings is 1. The van der Waals surface area contributed by atoms with E-state index in [1.54, 1.807) is 18.4 Å². The number of rotatable bonds is 5. The molecule has 18 heavy (non-hydrogen) atoms. The molecule has 0 saturated carbocycles. The fourth-order valence-corrected chi connectivity index (χ4v) is 2.98. The van der Waals surface area contributed by atoms with Crippen molar-refractivity contribution in [3.05, 3.63) is 33.7 Å². The lowest BCUT2D eigenvalue weighted by atomic mass is 10.2. The van der Waals surface area contributed by atoms with Crippen molar-refractivity contribution in [2.24, 2.45) is 0 Å². The van der Waals surface area contributed by atoms with Crippen LogP contribution >= 0.6 is 27.3 Å². The smallest absolute Gasteiger partial charge is 0.124 e. The number of hydrogen-bond acceptors (Lipinski definition) is 4. The summed E-state index contributed by atoms with van der Waals surface area (Å²) in [7, 11) is 1.67. The molecule has 2 aromatic rings. The normalized spacial score (nSPS) is 10.6. The average molecular weight is 327 g/mol. The van der Waals surface area contributed by atoms with Crippen LogP contribution in [0.1, 0.15) is 12.6 Å². The van der Waals surface area contributed by atoms with Crippen molar-refractivity contribution in [1.82, 2.24) is 10.3 Å². The molecule has 0 aliphatic rings. The van der Waals surface area contributed by atoms with Gasteiger partial charge in [0.25, 0.3) is 0 Å². The first kappa shape index (κ1) is 13.5. The predicted octanol–water partition coefficient (Wildman–Crippen LogP) is 3.69. The third-order valence-corrected chi connectivity index (χ3v) is 4.13. The third kappa shape index (κ3) is 3.10. The molecule has 96 valence electrons. The lowest BCUT2D eigenvalue weighted by Gasteiger charge is -2.04. The minimum absolute atomic E-state index is 0.814. The van der Waals surface area contributed by atoms with Gasteiger partial charge in [0, 0.05) is 22.0 Å². The highest BCUT2D eigenvalue weighted by Gasteiger charge is 2.09. The summed E-state index contributed by atoms with van der Waals surface area (Å²) in [4.78, 5) is 4.62. The molecule has 1 heterocycles. The monoisotopic (exact) mass is 326 g/mol. The summed E-state index contributed by atoms with van der Waals surface area (Å²) in [6.45, 7) is 3.86. The highest BCUT2D eigenvalue weighted by atomic mass is 79.9. The van der Waals surface area contributed by atoms with Crippen LogP contribution in [0, 0.1) is 0 Å². The second-order valence-electron chi connectivity index (χ2n) is 3.77. The van der Waals surface area contributed by atoms with Crippen LogP contribution in [0.5, 0.6) is 5.75 Å². The number of aromatic nitrogens is 1. The van der Waals surface area contributed by atoms with E-state index >= 15 is 0 Å². The van der Waals surface area contributed by atoms with Crippen molar-refractivity contribution in [2.45, 2.75) is 13.5 Å². The fraction of sp³-hybridized carbons (Fsp3) is 0.308. The van der Waals surface area contributed by atoms with Gasteiger partial charge in [-0.25, -0.2) is 4.98 Å². The lowest BCUT2D eigenvalue weighted by molar-refractivity contribution is 0.415. The van der Waals surface area contributed by atoms with E-state index in [0.717, 1.165) is 39.6 Å². The molecule has 0 saturated heterocycles. The van der Waals surface area contributed by atoms with Gasteiger partial charge in [-0.15, -0.1) is 11.3 Å². The van der Waals surface area contributed by atoms with E-state index in [4.69, 9.17) is 4.74 Å². The van der Waals surface area contributed by atoms with Gasteiger partial charge >= 0.3 is 0 Å². The highest BCUT2D eigenvalue weighted by Crippen LogP contribution is 2.33. The Labute approximate surface area is 119 Å².